The van der Waals surface area contributed by atoms with Gasteiger partial charge in [0.2, 0.25) is 0 Å². The highest BCUT2D eigenvalue weighted by molar-refractivity contribution is 5.99. The Morgan fingerprint density at radius 3 is 2.47 bits per heavy atom. The van der Waals surface area contributed by atoms with Gasteiger partial charge < -0.3 is 5.32 Å². The van der Waals surface area contributed by atoms with E-state index in [1.165, 1.54) is 19.1 Å². The summed E-state index contributed by atoms with van der Waals surface area (Å²) in [5.74, 6) is -0.599. The van der Waals surface area contributed by atoms with Gasteiger partial charge in [-0.2, -0.15) is 0 Å². The third kappa shape index (κ3) is 3.84. The normalized spacial score (nSPS) is 25.0. The molecular weight excluding hydrogens is 186 g/mol. The van der Waals surface area contributed by atoms with E-state index in [2.05, 4.69) is 5.32 Å². The van der Waals surface area contributed by atoms with Gasteiger partial charge in [0.15, 0.2) is 5.78 Å². The molecule has 1 aromatic carbocycles. The lowest BCUT2D eigenvalue weighted by Crippen LogP contribution is -2.46. The molecule has 0 spiro atoms. The first kappa shape index (κ1) is 4.38. The van der Waals surface area contributed by atoms with Crippen LogP contribution in [0.15, 0.2) is 30.3 Å². The Balaban J connectivity index is 3.35. The molecule has 1 atom stereocenters. The second-order valence-corrected chi connectivity index (χ2v) is 3.35. The van der Waals surface area contributed by atoms with Crippen molar-refractivity contribution in [3.05, 3.63) is 35.9 Å². The fourth-order valence-electron chi connectivity index (χ4n) is 1.24. The number of benzene rings is 1. The molecule has 1 aromatic rings. The lowest BCUT2D eigenvalue weighted by atomic mass is 10.0. The Bertz CT molecular complexity index is 538. The predicted octanol–water partition coefficient (Wildman–Crippen LogP) is 2.65. The highest BCUT2D eigenvalue weighted by atomic mass is 16.1. The fraction of sp³-hybridized carbons (Fsp3) is 0.462. The molecule has 82 valence electrons. The quantitative estimate of drug-likeness (QED) is 0.784. The highest BCUT2D eigenvalue weighted by Crippen LogP contribution is 2.07. The summed E-state index contributed by atoms with van der Waals surface area (Å²) in [6.45, 7) is -8.94. The lowest BCUT2D eigenvalue weighted by Gasteiger charge is -2.25. The van der Waals surface area contributed by atoms with E-state index in [0.717, 1.165) is 0 Å². The van der Waals surface area contributed by atoms with Crippen LogP contribution >= 0.6 is 0 Å². The minimum Gasteiger partial charge on any atom is -0.303 e. The molecule has 0 radical (unpaired) electrons. The molecule has 0 aliphatic carbocycles. The third-order valence-electron chi connectivity index (χ3n) is 1.88. The van der Waals surface area contributed by atoms with Gasteiger partial charge in [0.1, 0.15) is 0 Å². The molecule has 0 amide bonds. The number of ketones is 1. The minimum absolute atomic E-state index is 0.216. The van der Waals surface area contributed by atoms with E-state index in [4.69, 9.17) is 12.3 Å². The van der Waals surface area contributed by atoms with Gasteiger partial charge in [-0.1, -0.05) is 30.3 Å². The second-order valence-electron chi connectivity index (χ2n) is 3.35. The Hall–Kier alpha value is -1.15. The van der Waals surface area contributed by atoms with Crippen LogP contribution in [-0.2, 0) is 0 Å². The van der Waals surface area contributed by atoms with Gasteiger partial charge in [0.25, 0.3) is 0 Å². The van der Waals surface area contributed by atoms with Crippen molar-refractivity contribution in [3.8, 4) is 0 Å². The first-order valence-corrected chi connectivity index (χ1v) is 4.52. The van der Waals surface area contributed by atoms with Gasteiger partial charge in [0.05, 0.1) is 6.04 Å². The summed E-state index contributed by atoms with van der Waals surface area (Å²) < 4.78 is 67.7. The van der Waals surface area contributed by atoms with Gasteiger partial charge in [-0.25, -0.2) is 0 Å². The van der Waals surface area contributed by atoms with Crippen molar-refractivity contribution in [1.29, 1.82) is 0 Å². The summed E-state index contributed by atoms with van der Waals surface area (Å²) in [7, 11) is 0. The van der Waals surface area contributed by atoms with Crippen molar-refractivity contribution in [2.24, 2.45) is 0 Å². The zero-order valence-corrected chi connectivity index (χ0v) is 8.37. The maximum atomic E-state index is 12.4. The topological polar surface area (TPSA) is 29.1 Å². The van der Waals surface area contributed by atoms with Crippen molar-refractivity contribution >= 4 is 5.78 Å². The molecule has 2 heteroatoms. The molecule has 0 heterocycles. The number of carbonyl (C=O) groups excluding carboxylic acids is 1. The number of rotatable bonds is 3. The van der Waals surface area contributed by atoms with Crippen LogP contribution < -0.4 is 5.32 Å². The maximum Gasteiger partial charge on any atom is 0.179 e. The molecule has 0 aliphatic heterocycles. The smallest absolute Gasteiger partial charge is 0.179 e. The van der Waals surface area contributed by atoms with Crippen LogP contribution in [0.4, 0.5) is 0 Å². The second kappa shape index (κ2) is 4.58. The summed E-state index contributed by atoms with van der Waals surface area (Å²) in [4.78, 5) is 12.4. The van der Waals surface area contributed by atoms with Crippen LogP contribution in [0.25, 0.3) is 0 Å². The summed E-state index contributed by atoms with van der Waals surface area (Å²) in [6.07, 6.45) is 0. The van der Waals surface area contributed by atoms with E-state index in [1.54, 1.807) is 18.2 Å². The summed E-state index contributed by atoms with van der Waals surface area (Å²) in [6, 6.07) is 6.47. The van der Waals surface area contributed by atoms with Gasteiger partial charge in [-0.05, 0) is 27.5 Å². The van der Waals surface area contributed by atoms with E-state index in [9.17, 15) is 4.79 Å². The van der Waals surface area contributed by atoms with Crippen molar-refractivity contribution < 1.29 is 17.1 Å². The zero-order valence-electron chi connectivity index (χ0n) is 17.4. The molecule has 0 saturated carbocycles. The van der Waals surface area contributed by atoms with Gasteiger partial charge in [0, 0.05) is 23.4 Å². The average Bonchev–Trinajstić information content (AvgIpc) is 2.40. The lowest BCUT2D eigenvalue weighted by molar-refractivity contribution is 0.0936. The van der Waals surface area contributed by atoms with Crippen LogP contribution in [0.5, 0.6) is 0 Å². The first-order valence-electron chi connectivity index (χ1n) is 9.02. The molecule has 0 aliphatic rings. The van der Waals surface area contributed by atoms with Crippen molar-refractivity contribution in [2.45, 2.75) is 39.1 Å². The molecule has 15 heavy (non-hydrogen) atoms. The van der Waals surface area contributed by atoms with E-state index >= 15 is 0 Å². The van der Waals surface area contributed by atoms with Crippen LogP contribution in [0, 0.1) is 0 Å². The molecule has 1 unspecified atom stereocenters. The Morgan fingerprint density at radius 1 is 1.33 bits per heavy atom. The van der Waals surface area contributed by atoms with Crippen LogP contribution in [0.2, 0.25) is 0 Å². The molecule has 1 N–H and O–H groups in total. The van der Waals surface area contributed by atoms with Crippen LogP contribution in [-0.4, -0.2) is 17.4 Å². The fourth-order valence-corrected chi connectivity index (χ4v) is 1.24. The minimum atomic E-state index is -3.39. The molecule has 0 saturated heterocycles. The number of carbonyl (C=O) groups is 1. The van der Waals surface area contributed by atoms with E-state index in [0.29, 0.717) is 0 Å². The largest absolute Gasteiger partial charge is 0.303 e. The van der Waals surface area contributed by atoms with E-state index in [1.807, 2.05) is 0 Å². The van der Waals surface area contributed by atoms with E-state index in [-0.39, 0.29) is 5.56 Å². The van der Waals surface area contributed by atoms with Gasteiger partial charge in [-0.3, -0.25) is 4.79 Å². The summed E-state index contributed by atoms with van der Waals surface area (Å²) >= 11 is 0. The number of nitrogens with one attached hydrogen (secondary N) is 1. The van der Waals surface area contributed by atoms with Crippen molar-refractivity contribution in [1.82, 2.24) is 5.32 Å². The molecular formula is C13H19NO. The van der Waals surface area contributed by atoms with Crippen molar-refractivity contribution in [3.63, 3.8) is 0 Å². The molecule has 0 aromatic heterocycles. The Labute approximate surface area is 104 Å². The van der Waals surface area contributed by atoms with E-state index < -0.39 is 37.9 Å². The zero-order chi connectivity index (χ0) is 19.0. The summed E-state index contributed by atoms with van der Waals surface area (Å²) in [5, 5.41) is 2.11. The number of hydrogen-bond donors (Lipinski definition) is 1. The van der Waals surface area contributed by atoms with Crippen LogP contribution in [0.1, 0.15) is 50.2 Å². The number of hydrogen-bond acceptors (Lipinski definition) is 2. The molecule has 2 nitrogen and oxygen atoms in total. The highest BCUT2D eigenvalue weighted by Gasteiger charge is 2.20. The molecule has 0 bridgehead atoms. The van der Waals surface area contributed by atoms with Gasteiger partial charge in [-0.15, -0.1) is 0 Å². The summed E-state index contributed by atoms with van der Waals surface area (Å²) in [5.41, 5.74) is -3.01. The van der Waals surface area contributed by atoms with Crippen molar-refractivity contribution in [2.75, 3.05) is 0 Å². The Morgan fingerprint density at radius 2 is 1.93 bits per heavy atom. The maximum absolute atomic E-state index is 12.4. The predicted molar refractivity (Wildman–Crippen MR) is 63.1 cm³/mol. The van der Waals surface area contributed by atoms with Gasteiger partial charge >= 0.3 is 0 Å². The van der Waals surface area contributed by atoms with Crippen LogP contribution in [0.3, 0.4) is 0 Å². The average molecular weight is 214 g/mol. The number of Topliss-reactive ketones (excluding diaryl/α,β-unsaturated/α-hetero) is 1. The first-order chi connectivity index (χ1) is 10.6. The third-order valence-corrected chi connectivity index (χ3v) is 1.88. The molecule has 0 fully saturated rings. The Kier molecular flexibility index (Phi) is 1.34. The molecule has 1 rings (SSSR count). The monoisotopic (exact) mass is 214 g/mol. The standard InChI is InChI=1S/C13H19NO/c1-10(14-13(2,3)4)12(15)11-8-6-5-7-9-11/h5-10,14H,1-4H3/i2D3,3D3,4D3. The SMILES string of the molecule is [2H]C([2H])([2H])C(NC(C)C(=O)c1ccccc1)(C([2H])([2H])[2H])C([2H])([2H])[2H].